The molecule has 2 aliphatic rings. The number of piperidine rings is 1. The van der Waals surface area contributed by atoms with Gasteiger partial charge >= 0.3 is 0 Å². The van der Waals surface area contributed by atoms with Crippen LogP contribution in [0.5, 0.6) is 0 Å². The number of carbonyl (C=O) groups excluding carboxylic acids is 1. The first kappa shape index (κ1) is 17.5. The lowest BCUT2D eigenvalue weighted by molar-refractivity contribution is 0.0780. The summed E-state index contributed by atoms with van der Waals surface area (Å²) >= 11 is 0. The molecule has 0 bridgehead atoms. The summed E-state index contributed by atoms with van der Waals surface area (Å²) in [6, 6.07) is 7.87. The number of amides is 1. The van der Waals surface area contributed by atoms with E-state index < -0.39 is 10.0 Å². The lowest BCUT2D eigenvalue weighted by atomic mass is 9.84. The second-order valence-electron chi connectivity index (χ2n) is 7.55. The van der Waals surface area contributed by atoms with Crippen LogP contribution in [0.15, 0.2) is 30.5 Å². The van der Waals surface area contributed by atoms with Crippen molar-refractivity contribution in [1.29, 1.82) is 0 Å². The number of hydrogen-bond donors (Lipinski definition) is 1. The maximum absolute atomic E-state index is 13.0. The van der Waals surface area contributed by atoms with Crippen LogP contribution in [0.2, 0.25) is 0 Å². The van der Waals surface area contributed by atoms with Crippen molar-refractivity contribution in [2.24, 2.45) is 11.8 Å². The maximum atomic E-state index is 13.0. The summed E-state index contributed by atoms with van der Waals surface area (Å²) < 4.78 is 24.9. The number of fused-ring (bicyclic) bond motifs is 1. The number of aromatic nitrogens is 1. The highest BCUT2D eigenvalue weighted by Crippen LogP contribution is 2.33. The van der Waals surface area contributed by atoms with Crippen LogP contribution in [0.3, 0.4) is 0 Å². The van der Waals surface area contributed by atoms with Gasteiger partial charge in [0, 0.05) is 43.3 Å². The molecule has 0 spiro atoms. The summed E-state index contributed by atoms with van der Waals surface area (Å²) in [7, 11) is -3.08. The van der Waals surface area contributed by atoms with Gasteiger partial charge in [0.1, 0.15) is 0 Å². The Morgan fingerprint density at radius 2 is 1.77 bits per heavy atom. The van der Waals surface area contributed by atoms with Crippen molar-refractivity contribution in [2.75, 3.05) is 32.4 Å². The fraction of sp³-hybridized carbons (Fsp3) is 0.526. The number of nitrogens with zero attached hydrogens (tertiary/aromatic N) is 2. The van der Waals surface area contributed by atoms with Crippen molar-refractivity contribution in [3.05, 3.63) is 36.0 Å². The van der Waals surface area contributed by atoms with Gasteiger partial charge in [0.2, 0.25) is 10.0 Å². The van der Waals surface area contributed by atoms with Crippen LogP contribution in [-0.2, 0) is 10.0 Å². The van der Waals surface area contributed by atoms with Gasteiger partial charge in [-0.25, -0.2) is 12.7 Å². The predicted octanol–water partition coefficient (Wildman–Crippen LogP) is 2.30. The Labute approximate surface area is 154 Å². The zero-order chi connectivity index (χ0) is 18.3. The zero-order valence-electron chi connectivity index (χ0n) is 15.0. The minimum Gasteiger partial charge on any atom is -0.360 e. The fourth-order valence-corrected chi connectivity index (χ4v) is 5.33. The molecule has 1 amide bonds. The van der Waals surface area contributed by atoms with Crippen molar-refractivity contribution in [1.82, 2.24) is 14.2 Å². The lowest BCUT2D eigenvalue weighted by Crippen LogP contribution is -2.40. The zero-order valence-corrected chi connectivity index (χ0v) is 15.8. The molecule has 7 heteroatoms. The highest BCUT2D eigenvalue weighted by atomic mass is 32.2. The smallest absolute Gasteiger partial charge is 0.256 e. The molecular weight excluding hydrogens is 350 g/mol. The minimum absolute atomic E-state index is 0.0959. The molecular formula is C19H25N3O3S. The number of rotatable bonds is 3. The van der Waals surface area contributed by atoms with Crippen LogP contribution in [0, 0.1) is 11.8 Å². The minimum atomic E-state index is -3.08. The Morgan fingerprint density at radius 1 is 1.08 bits per heavy atom. The topological polar surface area (TPSA) is 73.5 Å². The highest BCUT2D eigenvalue weighted by molar-refractivity contribution is 7.88. The predicted molar refractivity (Wildman–Crippen MR) is 101 cm³/mol. The van der Waals surface area contributed by atoms with Gasteiger partial charge in [0.05, 0.1) is 11.8 Å². The fourth-order valence-electron chi connectivity index (χ4n) is 4.45. The number of carbonyl (C=O) groups is 1. The molecule has 1 N–H and O–H groups in total. The molecule has 0 aliphatic carbocycles. The molecule has 0 saturated carbocycles. The Kier molecular flexibility index (Phi) is 4.52. The molecule has 0 radical (unpaired) electrons. The van der Waals surface area contributed by atoms with Crippen molar-refractivity contribution in [3.8, 4) is 0 Å². The third-order valence-corrected chi connectivity index (χ3v) is 7.27. The summed E-state index contributed by atoms with van der Waals surface area (Å²) in [5.41, 5.74) is 1.73. The van der Waals surface area contributed by atoms with Gasteiger partial charge in [0.15, 0.2) is 0 Å². The number of likely N-dealkylation sites (tertiary alicyclic amines) is 1. The first-order chi connectivity index (χ1) is 12.4. The van der Waals surface area contributed by atoms with E-state index in [0.29, 0.717) is 24.9 Å². The molecule has 3 heterocycles. The van der Waals surface area contributed by atoms with E-state index >= 15 is 0 Å². The van der Waals surface area contributed by atoms with Crippen molar-refractivity contribution >= 4 is 26.8 Å². The molecule has 1 aromatic carbocycles. The number of aromatic amines is 1. The third kappa shape index (κ3) is 3.25. The number of H-pyrrole nitrogens is 1. The van der Waals surface area contributed by atoms with E-state index in [-0.39, 0.29) is 5.91 Å². The van der Waals surface area contributed by atoms with E-state index in [0.717, 1.165) is 48.8 Å². The van der Waals surface area contributed by atoms with Crippen LogP contribution < -0.4 is 0 Å². The monoisotopic (exact) mass is 375 g/mol. The van der Waals surface area contributed by atoms with Crippen LogP contribution in [0.25, 0.3) is 10.9 Å². The number of hydrogen-bond acceptors (Lipinski definition) is 3. The molecule has 2 fully saturated rings. The van der Waals surface area contributed by atoms with Gasteiger partial charge < -0.3 is 9.88 Å². The Balaban J connectivity index is 1.40. The molecule has 1 aromatic heterocycles. The van der Waals surface area contributed by atoms with E-state index in [2.05, 4.69) is 4.98 Å². The number of benzene rings is 1. The van der Waals surface area contributed by atoms with E-state index in [9.17, 15) is 13.2 Å². The summed E-state index contributed by atoms with van der Waals surface area (Å²) in [6.45, 7) is 2.78. The number of sulfonamides is 1. The highest BCUT2D eigenvalue weighted by Gasteiger charge is 2.35. The quantitative estimate of drug-likeness (QED) is 0.895. The molecule has 140 valence electrons. The number of nitrogens with one attached hydrogen (secondary N) is 1. The van der Waals surface area contributed by atoms with Crippen molar-refractivity contribution < 1.29 is 13.2 Å². The third-order valence-electron chi connectivity index (χ3n) is 5.97. The van der Waals surface area contributed by atoms with Crippen LogP contribution in [-0.4, -0.2) is 60.9 Å². The number of para-hydroxylation sites is 1. The van der Waals surface area contributed by atoms with Gasteiger partial charge in [-0.2, -0.15) is 0 Å². The van der Waals surface area contributed by atoms with Gasteiger partial charge in [-0.1, -0.05) is 18.2 Å². The molecule has 2 saturated heterocycles. The Bertz CT molecular complexity index is 913. The van der Waals surface area contributed by atoms with Crippen LogP contribution in [0.4, 0.5) is 0 Å². The van der Waals surface area contributed by atoms with Gasteiger partial charge in [-0.3, -0.25) is 4.79 Å². The molecule has 6 nitrogen and oxygen atoms in total. The molecule has 1 atom stereocenters. The van der Waals surface area contributed by atoms with Gasteiger partial charge in [-0.05, 0) is 37.2 Å². The lowest BCUT2D eigenvalue weighted by Gasteiger charge is -2.33. The van der Waals surface area contributed by atoms with Crippen LogP contribution >= 0.6 is 0 Å². The van der Waals surface area contributed by atoms with Crippen LogP contribution in [0.1, 0.15) is 29.6 Å². The first-order valence-corrected chi connectivity index (χ1v) is 11.1. The maximum Gasteiger partial charge on any atom is 0.256 e. The molecule has 2 aliphatic heterocycles. The summed E-state index contributed by atoms with van der Waals surface area (Å²) in [5.74, 6) is 1.08. The van der Waals surface area contributed by atoms with Gasteiger partial charge in [0.25, 0.3) is 5.91 Å². The van der Waals surface area contributed by atoms with E-state index in [4.69, 9.17) is 0 Å². The molecule has 4 rings (SSSR count). The second-order valence-corrected chi connectivity index (χ2v) is 9.53. The average molecular weight is 375 g/mol. The molecule has 1 unspecified atom stereocenters. The first-order valence-electron chi connectivity index (χ1n) is 9.24. The Hall–Kier alpha value is -1.86. The largest absolute Gasteiger partial charge is 0.360 e. The van der Waals surface area contributed by atoms with E-state index in [1.807, 2.05) is 35.4 Å². The molecule has 26 heavy (non-hydrogen) atoms. The van der Waals surface area contributed by atoms with Crippen molar-refractivity contribution in [3.63, 3.8) is 0 Å². The standard InChI is InChI=1S/C19H25N3O3S/c1-26(24,25)22-10-7-14(8-11-22)15-6-9-21(13-15)19(23)17-12-20-18-5-3-2-4-16(17)18/h2-5,12,14-15,20H,6-11,13H2,1H3. The SMILES string of the molecule is CS(=O)(=O)N1CCC(C2CCN(C(=O)c3c[nH]c4ccccc34)C2)CC1. The average Bonchev–Trinajstić information content (AvgIpc) is 3.28. The van der Waals surface area contributed by atoms with E-state index in [1.54, 1.807) is 4.31 Å². The summed E-state index contributed by atoms with van der Waals surface area (Å²) in [5, 5.41) is 0.974. The summed E-state index contributed by atoms with van der Waals surface area (Å²) in [4.78, 5) is 18.1. The van der Waals surface area contributed by atoms with Crippen molar-refractivity contribution in [2.45, 2.75) is 19.3 Å². The normalized spacial score (nSPS) is 23.0. The summed E-state index contributed by atoms with van der Waals surface area (Å²) in [6.07, 6.45) is 5.90. The molecule has 2 aromatic rings. The van der Waals surface area contributed by atoms with E-state index in [1.165, 1.54) is 6.26 Å². The second kappa shape index (κ2) is 6.70. The Morgan fingerprint density at radius 3 is 2.50 bits per heavy atom. The van der Waals surface area contributed by atoms with Gasteiger partial charge in [-0.15, -0.1) is 0 Å².